The number of benzene rings is 2. The summed E-state index contributed by atoms with van der Waals surface area (Å²) in [6, 6.07) is 17.4. The lowest BCUT2D eigenvalue weighted by Gasteiger charge is -2.41. The maximum Gasteiger partial charge on any atom is 0.253 e. The SMILES string of the molecule is COc1cccc(C2(OC)CCN(C(=O)c3cccc(N(CCNC(C)=O)c4ncnc5[nH]ccc45)c3)CC2)c1. The highest BCUT2D eigenvalue weighted by Crippen LogP contribution is 2.38. The van der Waals surface area contributed by atoms with Crippen molar-refractivity contribution in [1.29, 1.82) is 0 Å². The van der Waals surface area contributed by atoms with Gasteiger partial charge < -0.3 is 29.6 Å². The van der Waals surface area contributed by atoms with Crippen molar-refractivity contribution >= 4 is 34.4 Å². The molecule has 10 heteroatoms. The molecule has 2 aromatic heterocycles. The van der Waals surface area contributed by atoms with Gasteiger partial charge in [0.15, 0.2) is 0 Å². The van der Waals surface area contributed by atoms with Crippen LogP contribution < -0.4 is 15.0 Å². The molecule has 2 N–H and O–H groups in total. The standard InChI is InChI=1S/C30H34N6O4/c1-21(37)31-14-17-36(28-26-10-13-32-27(26)33-20-34-28)24-8-4-6-22(18-24)29(38)35-15-11-30(40-3,12-16-35)23-7-5-9-25(19-23)39-2/h4-10,13,18-20H,11-12,14-17H2,1-3H3,(H,31,37)(H,32,33,34). The van der Waals surface area contributed by atoms with Crippen molar-refractivity contribution < 1.29 is 19.1 Å². The van der Waals surface area contributed by atoms with Crippen LogP contribution in [0.4, 0.5) is 11.5 Å². The summed E-state index contributed by atoms with van der Waals surface area (Å²) in [4.78, 5) is 41.1. The number of H-pyrrole nitrogens is 1. The normalized spacial score (nSPS) is 14.6. The number of aromatic nitrogens is 3. The van der Waals surface area contributed by atoms with Gasteiger partial charge >= 0.3 is 0 Å². The van der Waals surface area contributed by atoms with E-state index in [0.717, 1.165) is 22.4 Å². The van der Waals surface area contributed by atoms with E-state index in [2.05, 4.69) is 26.3 Å². The van der Waals surface area contributed by atoms with Crippen molar-refractivity contribution in [2.45, 2.75) is 25.4 Å². The Morgan fingerprint density at radius 1 is 1.07 bits per heavy atom. The molecule has 3 heterocycles. The lowest BCUT2D eigenvalue weighted by Crippen LogP contribution is -2.46. The lowest BCUT2D eigenvalue weighted by molar-refractivity contribution is -0.118. The highest BCUT2D eigenvalue weighted by molar-refractivity contribution is 5.96. The highest BCUT2D eigenvalue weighted by Gasteiger charge is 2.38. The quantitative estimate of drug-likeness (QED) is 0.329. The number of nitrogens with zero attached hydrogens (tertiary/aromatic N) is 4. The van der Waals surface area contributed by atoms with E-state index in [4.69, 9.17) is 9.47 Å². The summed E-state index contributed by atoms with van der Waals surface area (Å²) in [7, 11) is 3.38. The Bertz CT molecular complexity index is 1490. The van der Waals surface area contributed by atoms with E-state index < -0.39 is 5.60 Å². The van der Waals surface area contributed by atoms with Crippen LogP contribution in [-0.2, 0) is 15.1 Å². The second kappa shape index (κ2) is 11.7. The second-order valence-corrected chi connectivity index (χ2v) is 9.84. The van der Waals surface area contributed by atoms with Crippen LogP contribution in [0.2, 0.25) is 0 Å². The van der Waals surface area contributed by atoms with Crippen LogP contribution in [0, 0.1) is 0 Å². The van der Waals surface area contributed by atoms with Crippen LogP contribution in [0.15, 0.2) is 67.1 Å². The third-order valence-corrected chi connectivity index (χ3v) is 7.55. The number of ether oxygens (including phenoxy) is 2. The van der Waals surface area contributed by atoms with E-state index in [1.165, 1.54) is 13.3 Å². The first-order valence-electron chi connectivity index (χ1n) is 13.3. The molecular formula is C30H34N6O4. The third-order valence-electron chi connectivity index (χ3n) is 7.55. The Morgan fingerprint density at radius 2 is 1.88 bits per heavy atom. The maximum atomic E-state index is 13.7. The van der Waals surface area contributed by atoms with Gasteiger partial charge in [0.25, 0.3) is 5.91 Å². The molecule has 1 fully saturated rings. The number of hydrogen-bond donors (Lipinski definition) is 2. The van der Waals surface area contributed by atoms with Gasteiger partial charge in [0.1, 0.15) is 23.5 Å². The topological polar surface area (TPSA) is 113 Å². The molecule has 1 saturated heterocycles. The molecule has 0 saturated carbocycles. The Hall–Kier alpha value is -4.44. The number of aromatic amines is 1. The molecule has 208 valence electrons. The first kappa shape index (κ1) is 27.1. The van der Waals surface area contributed by atoms with Gasteiger partial charge in [-0.25, -0.2) is 9.97 Å². The number of amides is 2. The summed E-state index contributed by atoms with van der Waals surface area (Å²) in [5, 5.41) is 3.71. The Balaban J connectivity index is 1.37. The first-order chi connectivity index (χ1) is 19.4. The van der Waals surface area contributed by atoms with Crippen LogP contribution in [0.3, 0.4) is 0 Å². The van der Waals surface area contributed by atoms with Crippen molar-refractivity contribution in [3.05, 3.63) is 78.2 Å². The molecule has 0 spiro atoms. The van der Waals surface area contributed by atoms with Crippen molar-refractivity contribution in [3.63, 3.8) is 0 Å². The molecular weight excluding hydrogens is 508 g/mol. The number of carbonyl (C=O) groups is 2. The zero-order valence-corrected chi connectivity index (χ0v) is 23.0. The van der Waals surface area contributed by atoms with E-state index in [9.17, 15) is 9.59 Å². The fourth-order valence-electron chi connectivity index (χ4n) is 5.35. The van der Waals surface area contributed by atoms with Crippen LogP contribution in [0.5, 0.6) is 5.75 Å². The summed E-state index contributed by atoms with van der Waals surface area (Å²) in [6.07, 6.45) is 4.68. The molecule has 1 aliphatic heterocycles. The summed E-state index contributed by atoms with van der Waals surface area (Å²) >= 11 is 0. The van der Waals surface area contributed by atoms with Gasteiger partial charge in [0.05, 0.1) is 18.1 Å². The minimum absolute atomic E-state index is 0.0338. The first-order valence-corrected chi connectivity index (χ1v) is 13.3. The number of nitrogens with one attached hydrogen (secondary N) is 2. The fraction of sp³-hybridized carbons (Fsp3) is 0.333. The molecule has 4 aromatic rings. The van der Waals surface area contributed by atoms with Crippen LogP contribution in [-0.4, -0.2) is 72.1 Å². The van der Waals surface area contributed by atoms with Gasteiger partial charge in [0.2, 0.25) is 5.91 Å². The van der Waals surface area contributed by atoms with Crippen molar-refractivity contribution in [2.24, 2.45) is 0 Å². The summed E-state index contributed by atoms with van der Waals surface area (Å²) in [5.74, 6) is 1.34. The van der Waals surface area contributed by atoms with E-state index >= 15 is 0 Å². The molecule has 2 aromatic carbocycles. The average Bonchev–Trinajstić information content (AvgIpc) is 3.48. The molecule has 0 radical (unpaired) electrons. The predicted octanol–water partition coefficient (Wildman–Crippen LogP) is 4.02. The van der Waals surface area contributed by atoms with Gasteiger partial charge in [-0.05, 0) is 54.8 Å². The van der Waals surface area contributed by atoms with Gasteiger partial charge in [-0.15, -0.1) is 0 Å². The summed E-state index contributed by atoms with van der Waals surface area (Å²) in [6.45, 7) is 3.50. The fourth-order valence-corrected chi connectivity index (χ4v) is 5.35. The molecule has 0 bridgehead atoms. The largest absolute Gasteiger partial charge is 0.497 e. The number of methoxy groups -OCH3 is 2. The average molecular weight is 543 g/mol. The van der Waals surface area contributed by atoms with E-state index in [1.54, 1.807) is 14.2 Å². The van der Waals surface area contributed by atoms with Crippen molar-refractivity contribution in [2.75, 3.05) is 45.3 Å². The Kier molecular flexibility index (Phi) is 7.97. The highest BCUT2D eigenvalue weighted by atomic mass is 16.5. The molecule has 1 aliphatic rings. The van der Waals surface area contributed by atoms with Gasteiger partial charge in [-0.2, -0.15) is 0 Å². The number of likely N-dealkylation sites (tertiary alicyclic amines) is 1. The smallest absolute Gasteiger partial charge is 0.253 e. The van der Waals surface area contributed by atoms with Crippen LogP contribution >= 0.6 is 0 Å². The number of rotatable bonds is 9. The zero-order chi connectivity index (χ0) is 28.1. The number of carbonyl (C=O) groups excluding carboxylic acids is 2. The van der Waals surface area contributed by atoms with E-state index in [0.29, 0.717) is 56.0 Å². The number of piperidine rings is 1. The minimum Gasteiger partial charge on any atom is -0.497 e. The zero-order valence-electron chi connectivity index (χ0n) is 23.0. The van der Waals surface area contributed by atoms with E-state index in [1.807, 2.05) is 64.5 Å². The third kappa shape index (κ3) is 5.48. The number of fused-ring (bicyclic) bond motifs is 1. The molecule has 0 unspecified atom stereocenters. The van der Waals surface area contributed by atoms with Crippen LogP contribution in [0.1, 0.15) is 35.7 Å². The lowest BCUT2D eigenvalue weighted by atomic mass is 9.84. The van der Waals surface area contributed by atoms with Crippen LogP contribution in [0.25, 0.3) is 11.0 Å². The van der Waals surface area contributed by atoms with Gasteiger partial charge in [0, 0.05) is 57.7 Å². The van der Waals surface area contributed by atoms with Crippen molar-refractivity contribution in [1.82, 2.24) is 25.2 Å². The van der Waals surface area contributed by atoms with Gasteiger partial charge in [-0.3, -0.25) is 9.59 Å². The monoisotopic (exact) mass is 542 g/mol. The molecule has 0 atom stereocenters. The second-order valence-electron chi connectivity index (χ2n) is 9.84. The summed E-state index contributed by atoms with van der Waals surface area (Å²) < 4.78 is 11.5. The molecule has 2 amide bonds. The maximum absolute atomic E-state index is 13.7. The molecule has 5 rings (SSSR count). The molecule has 10 nitrogen and oxygen atoms in total. The summed E-state index contributed by atoms with van der Waals surface area (Å²) in [5.41, 5.74) is 2.69. The molecule has 40 heavy (non-hydrogen) atoms. The van der Waals surface area contributed by atoms with E-state index in [-0.39, 0.29) is 11.8 Å². The van der Waals surface area contributed by atoms with Crippen molar-refractivity contribution in [3.8, 4) is 5.75 Å². The minimum atomic E-state index is -0.470. The Labute approximate surface area is 233 Å². The number of hydrogen-bond acceptors (Lipinski definition) is 7. The predicted molar refractivity (Wildman–Crippen MR) is 153 cm³/mol. The Morgan fingerprint density at radius 3 is 2.62 bits per heavy atom. The van der Waals surface area contributed by atoms with Gasteiger partial charge in [-0.1, -0.05) is 18.2 Å². The molecule has 0 aliphatic carbocycles. The number of anilines is 2.